The van der Waals surface area contributed by atoms with Crippen molar-refractivity contribution in [3.8, 4) is 0 Å². The van der Waals surface area contributed by atoms with Crippen molar-refractivity contribution in [2.75, 3.05) is 13.2 Å². The van der Waals surface area contributed by atoms with Crippen LogP contribution in [-0.4, -0.2) is 18.9 Å². The Kier molecular flexibility index (Phi) is 3.33. The van der Waals surface area contributed by atoms with Gasteiger partial charge in [-0.3, -0.25) is 5.32 Å². The van der Waals surface area contributed by atoms with Crippen LogP contribution in [0.1, 0.15) is 60.3 Å². The lowest BCUT2D eigenvalue weighted by molar-refractivity contribution is -0.159. The minimum atomic E-state index is 0.0112. The van der Waals surface area contributed by atoms with Gasteiger partial charge in [0, 0.05) is 6.54 Å². The van der Waals surface area contributed by atoms with Crippen molar-refractivity contribution in [2.24, 2.45) is 16.7 Å². The normalized spacial score (nSPS) is 32.6. The predicted molar refractivity (Wildman–Crippen MR) is 71.9 cm³/mol. The smallest absolute Gasteiger partial charge is 0.119 e. The molecule has 2 nitrogen and oxygen atoms in total. The molecule has 0 amide bonds. The highest BCUT2D eigenvalue weighted by Gasteiger charge is 2.43. The molecule has 2 fully saturated rings. The van der Waals surface area contributed by atoms with Gasteiger partial charge in [0.15, 0.2) is 0 Å². The van der Waals surface area contributed by atoms with Crippen LogP contribution in [0, 0.1) is 16.7 Å². The van der Waals surface area contributed by atoms with E-state index in [1.165, 1.54) is 25.7 Å². The summed E-state index contributed by atoms with van der Waals surface area (Å²) < 4.78 is 6.23. The largest absolute Gasteiger partial charge is 0.360 e. The number of ether oxygens (including phenoxy) is 1. The van der Waals surface area contributed by atoms with Crippen molar-refractivity contribution in [3.05, 3.63) is 0 Å². The molecule has 2 rings (SSSR count). The predicted octanol–water partition coefficient (Wildman–Crippen LogP) is 3.57. The molecule has 1 saturated carbocycles. The number of nitrogens with one attached hydrogen (secondary N) is 1. The maximum absolute atomic E-state index is 6.23. The third-order valence-corrected chi connectivity index (χ3v) is 4.87. The van der Waals surface area contributed by atoms with E-state index in [1.807, 2.05) is 0 Å². The molecule has 0 aromatic carbocycles. The van der Waals surface area contributed by atoms with Crippen molar-refractivity contribution in [3.63, 3.8) is 0 Å². The van der Waals surface area contributed by atoms with Crippen LogP contribution < -0.4 is 5.32 Å². The average Bonchev–Trinajstić information content (AvgIpc) is 2.23. The van der Waals surface area contributed by atoms with E-state index in [-0.39, 0.29) is 5.72 Å². The fraction of sp³-hybridized carbons (Fsp3) is 1.00. The Bertz CT molecular complexity index is 257. The Balaban J connectivity index is 1.91. The monoisotopic (exact) mass is 239 g/mol. The second-order valence-electron chi connectivity index (χ2n) is 7.91. The minimum Gasteiger partial charge on any atom is -0.360 e. The Morgan fingerprint density at radius 3 is 2.06 bits per heavy atom. The van der Waals surface area contributed by atoms with Gasteiger partial charge in [0.05, 0.1) is 6.61 Å². The van der Waals surface area contributed by atoms with Gasteiger partial charge in [-0.1, -0.05) is 34.6 Å². The maximum atomic E-state index is 6.23. The highest BCUT2D eigenvalue weighted by Crippen LogP contribution is 2.43. The van der Waals surface area contributed by atoms with Crippen LogP contribution in [-0.2, 0) is 4.74 Å². The lowest BCUT2D eigenvalue weighted by atomic mass is 9.72. The van der Waals surface area contributed by atoms with E-state index >= 15 is 0 Å². The molecular formula is C15H29NO. The van der Waals surface area contributed by atoms with Gasteiger partial charge >= 0.3 is 0 Å². The Morgan fingerprint density at radius 1 is 1.06 bits per heavy atom. The molecular weight excluding hydrogens is 210 g/mol. The van der Waals surface area contributed by atoms with Gasteiger partial charge in [0.2, 0.25) is 0 Å². The summed E-state index contributed by atoms with van der Waals surface area (Å²) in [7, 11) is 0. The summed E-state index contributed by atoms with van der Waals surface area (Å²) in [6, 6.07) is 0. The topological polar surface area (TPSA) is 21.3 Å². The SMILES string of the molecule is CC1(C)CCC2(CC1)NCC(C(C)(C)C)CO2. The van der Waals surface area contributed by atoms with Crippen molar-refractivity contribution in [2.45, 2.75) is 66.0 Å². The van der Waals surface area contributed by atoms with Crippen molar-refractivity contribution >= 4 is 0 Å². The molecule has 1 aliphatic carbocycles. The lowest BCUT2D eigenvalue weighted by Crippen LogP contribution is -2.58. The summed E-state index contributed by atoms with van der Waals surface area (Å²) in [5.41, 5.74) is 0.872. The van der Waals surface area contributed by atoms with Crippen LogP contribution in [0.2, 0.25) is 0 Å². The zero-order chi connectivity index (χ0) is 12.7. The number of hydrogen-bond acceptors (Lipinski definition) is 2. The molecule has 1 spiro atoms. The van der Waals surface area contributed by atoms with Gasteiger partial charge in [-0.05, 0) is 42.4 Å². The van der Waals surface area contributed by atoms with Crippen LogP contribution in [0.5, 0.6) is 0 Å². The Labute approximate surface area is 107 Å². The summed E-state index contributed by atoms with van der Waals surface area (Å²) >= 11 is 0. The molecule has 1 N–H and O–H groups in total. The maximum Gasteiger partial charge on any atom is 0.119 e. The Hall–Kier alpha value is -0.0800. The summed E-state index contributed by atoms with van der Waals surface area (Å²) in [6.07, 6.45) is 4.91. The van der Waals surface area contributed by atoms with Gasteiger partial charge in [-0.2, -0.15) is 0 Å². The standard InChI is InChI=1S/C15H29NO/c1-13(2,3)12-10-16-15(17-11-12)8-6-14(4,5)7-9-15/h12,16H,6-11H2,1-5H3. The zero-order valence-electron chi connectivity index (χ0n) is 12.2. The van der Waals surface area contributed by atoms with E-state index in [0.29, 0.717) is 16.7 Å². The number of hydrogen-bond donors (Lipinski definition) is 1. The van der Waals surface area contributed by atoms with E-state index < -0.39 is 0 Å². The Morgan fingerprint density at radius 2 is 1.65 bits per heavy atom. The lowest BCUT2D eigenvalue weighted by Gasteiger charge is -2.49. The van der Waals surface area contributed by atoms with Crippen LogP contribution in [0.15, 0.2) is 0 Å². The summed E-state index contributed by atoms with van der Waals surface area (Å²) in [4.78, 5) is 0. The molecule has 1 unspecified atom stereocenters. The molecule has 1 atom stereocenters. The van der Waals surface area contributed by atoms with E-state index in [4.69, 9.17) is 4.74 Å². The second kappa shape index (κ2) is 4.24. The molecule has 2 heteroatoms. The molecule has 2 aliphatic rings. The van der Waals surface area contributed by atoms with Gasteiger partial charge in [-0.15, -0.1) is 0 Å². The fourth-order valence-corrected chi connectivity index (χ4v) is 2.89. The minimum absolute atomic E-state index is 0.0112. The molecule has 0 radical (unpaired) electrons. The van der Waals surface area contributed by atoms with Crippen molar-refractivity contribution in [1.29, 1.82) is 0 Å². The molecule has 0 bridgehead atoms. The van der Waals surface area contributed by atoms with E-state index in [1.54, 1.807) is 0 Å². The summed E-state index contributed by atoms with van der Waals surface area (Å²) in [5, 5.41) is 3.71. The first-order valence-electron chi connectivity index (χ1n) is 7.12. The quantitative estimate of drug-likeness (QED) is 0.698. The molecule has 0 aromatic rings. The molecule has 1 aliphatic heterocycles. The first kappa shape index (κ1) is 13.4. The van der Waals surface area contributed by atoms with Crippen LogP contribution in [0.3, 0.4) is 0 Å². The third kappa shape index (κ3) is 3.03. The van der Waals surface area contributed by atoms with Gasteiger partial charge < -0.3 is 4.74 Å². The van der Waals surface area contributed by atoms with E-state index in [9.17, 15) is 0 Å². The molecule has 17 heavy (non-hydrogen) atoms. The number of rotatable bonds is 0. The molecule has 1 saturated heterocycles. The molecule has 0 aromatic heterocycles. The zero-order valence-corrected chi connectivity index (χ0v) is 12.2. The third-order valence-electron chi connectivity index (χ3n) is 4.87. The van der Waals surface area contributed by atoms with Crippen LogP contribution in [0.4, 0.5) is 0 Å². The second-order valence-corrected chi connectivity index (χ2v) is 7.91. The highest BCUT2D eigenvalue weighted by atomic mass is 16.5. The highest BCUT2D eigenvalue weighted by molar-refractivity contribution is 4.93. The van der Waals surface area contributed by atoms with Crippen LogP contribution >= 0.6 is 0 Å². The molecule has 100 valence electrons. The van der Waals surface area contributed by atoms with Crippen LogP contribution in [0.25, 0.3) is 0 Å². The summed E-state index contributed by atoms with van der Waals surface area (Å²) in [6.45, 7) is 13.7. The average molecular weight is 239 g/mol. The first-order valence-corrected chi connectivity index (χ1v) is 7.12. The summed E-state index contributed by atoms with van der Waals surface area (Å²) in [5.74, 6) is 0.642. The van der Waals surface area contributed by atoms with Crippen molar-refractivity contribution < 1.29 is 4.74 Å². The van der Waals surface area contributed by atoms with Gasteiger partial charge in [0.1, 0.15) is 5.72 Å². The van der Waals surface area contributed by atoms with Gasteiger partial charge in [-0.25, -0.2) is 0 Å². The van der Waals surface area contributed by atoms with Gasteiger partial charge in [0.25, 0.3) is 0 Å². The fourth-order valence-electron chi connectivity index (χ4n) is 2.89. The van der Waals surface area contributed by atoms with E-state index in [0.717, 1.165) is 13.2 Å². The molecule has 1 heterocycles. The van der Waals surface area contributed by atoms with Crippen molar-refractivity contribution in [1.82, 2.24) is 5.32 Å². The first-order chi connectivity index (χ1) is 7.73. The van der Waals surface area contributed by atoms with E-state index in [2.05, 4.69) is 39.9 Å².